The second kappa shape index (κ2) is 8.71. The van der Waals surface area contributed by atoms with Crippen molar-refractivity contribution in [1.29, 1.82) is 0 Å². The van der Waals surface area contributed by atoms with Crippen LogP contribution in [0.4, 0.5) is 0 Å². The molecule has 176 valence electrons. The fourth-order valence-corrected chi connectivity index (χ4v) is 4.62. The molecule has 5 aromatic rings. The summed E-state index contributed by atoms with van der Waals surface area (Å²) < 4.78 is 14.0. The number of H-pyrrole nitrogens is 2. The van der Waals surface area contributed by atoms with Gasteiger partial charge in [0, 0.05) is 28.3 Å². The van der Waals surface area contributed by atoms with Crippen LogP contribution in [-0.4, -0.2) is 43.7 Å². The number of carbonyl (C=O) groups is 1. The molecule has 0 unspecified atom stereocenters. The monoisotopic (exact) mass is 533 g/mol. The predicted molar refractivity (Wildman–Crippen MR) is 132 cm³/mol. The Hall–Kier alpha value is -3.89. The van der Waals surface area contributed by atoms with E-state index in [1.165, 1.54) is 0 Å². The number of carbonyl (C=O) groups excluding carboxylic acids is 1. The van der Waals surface area contributed by atoms with E-state index >= 15 is 0 Å². The number of furan rings is 1. The third kappa shape index (κ3) is 4.11. The maximum atomic E-state index is 12.8. The first-order chi connectivity index (χ1) is 17.0. The van der Waals surface area contributed by atoms with Crippen LogP contribution >= 0.6 is 15.9 Å². The van der Waals surface area contributed by atoms with Crippen molar-refractivity contribution in [1.82, 2.24) is 24.6 Å². The molecule has 3 aromatic heterocycles. The van der Waals surface area contributed by atoms with E-state index in [4.69, 9.17) is 14.3 Å². The van der Waals surface area contributed by atoms with Gasteiger partial charge in [-0.15, -0.1) is 0 Å². The van der Waals surface area contributed by atoms with Crippen molar-refractivity contribution < 1.29 is 13.9 Å². The number of benzene rings is 2. The number of fused-ring (bicyclic) bond motifs is 1. The minimum Gasteiger partial charge on any atom is -0.472 e. The van der Waals surface area contributed by atoms with Gasteiger partial charge >= 0.3 is 5.69 Å². The molecule has 1 aliphatic heterocycles. The lowest BCUT2D eigenvalue weighted by Gasteiger charge is -2.23. The van der Waals surface area contributed by atoms with Gasteiger partial charge in [0.1, 0.15) is 12.3 Å². The number of ether oxygens (including phenoxy) is 1. The molecule has 1 amide bonds. The molecule has 4 heterocycles. The van der Waals surface area contributed by atoms with Gasteiger partial charge in [0.15, 0.2) is 6.23 Å². The summed E-state index contributed by atoms with van der Waals surface area (Å²) in [5.41, 5.74) is 5.42. The molecule has 0 radical (unpaired) electrons. The first kappa shape index (κ1) is 21.6. The summed E-state index contributed by atoms with van der Waals surface area (Å²) >= 11 is 3.46. The number of halogens is 1. The number of hydrogen-bond donors (Lipinski definition) is 2. The Labute approximate surface area is 207 Å². The Bertz CT molecular complexity index is 1570. The van der Waals surface area contributed by atoms with Crippen molar-refractivity contribution in [2.75, 3.05) is 13.2 Å². The second-order valence-corrected chi connectivity index (χ2v) is 9.24. The molecule has 1 fully saturated rings. The smallest absolute Gasteiger partial charge is 0.323 e. The summed E-state index contributed by atoms with van der Waals surface area (Å²) in [6, 6.07) is 15.4. The van der Waals surface area contributed by atoms with E-state index in [2.05, 4.69) is 25.9 Å². The molecule has 1 saturated heterocycles. The topological polar surface area (TPSA) is 109 Å². The zero-order chi connectivity index (χ0) is 23.9. The predicted octanol–water partition coefficient (Wildman–Crippen LogP) is 4.16. The highest BCUT2D eigenvalue weighted by Gasteiger charge is 2.36. The second-order valence-electron chi connectivity index (χ2n) is 8.33. The third-order valence-electron chi connectivity index (χ3n) is 6.08. The van der Waals surface area contributed by atoms with Crippen molar-refractivity contribution in [3.63, 3.8) is 0 Å². The van der Waals surface area contributed by atoms with E-state index in [9.17, 15) is 9.59 Å². The highest BCUT2D eigenvalue weighted by Crippen LogP contribution is 2.35. The Kier molecular flexibility index (Phi) is 5.39. The van der Waals surface area contributed by atoms with Crippen molar-refractivity contribution in [2.45, 2.75) is 12.6 Å². The lowest BCUT2D eigenvalue weighted by Crippen LogP contribution is -2.30. The van der Waals surface area contributed by atoms with Crippen LogP contribution in [0.25, 0.3) is 28.0 Å². The molecule has 10 heteroatoms. The highest BCUT2D eigenvalue weighted by atomic mass is 79.9. The van der Waals surface area contributed by atoms with Gasteiger partial charge < -0.3 is 24.0 Å². The van der Waals surface area contributed by atoms with Crippen LogP contribution in [0.15, 0.2) is 80.9 Å². The summed E-state index contributed by atoms with van der Waals surface area (Å²) in [5, 5.41) is 4.80. The SMILES string of the molecule is O=C1CO[C@H](c2cn(-c3ccc(Br)cc3)nc2-c2ccoc2)N1CCc1ccc2[nH]c(=O)[nH]c2c1. The number of rotatable bonds is 6. The molecule has 2 aromatic carbocycles. The van der Waals surface area contributed by atoms with E-state index in [1.54, 1.807) is 22.1 Å². The maximum absolute atomic E-state index is 12.8. The Morgan fingerprint density at radius 3 is 2.69 bits per heavy atom. The summed E-state index contributed by atoms with van der Waals surface area (Å²) in [6.45, 7) is 0.459. The summed E-state index contributed by atoms with van der Waals surface area (Å²) in [6.07, 6.45) is 5.16. The molecule has 1 aliphatic rings. The Morgan fingerprint density at radius 2 is 1.89 bits per heavy atom. The minimum absolute atomic E-state index is 0.00310. The van der Waals surface area contributed by atoms with Crippen LogP contribution in [0.1, 0.15) is 17.4 Å². The lowest BCUT2D eigenvalue weighted by atomic mass is 10.1. The van der Waals surface area contributed by atoms with Crippen LogP contribution in [0.3, 0.4) is 0 Å². The van der Waals surface area contributed by atoms with Crippen LogP contribution in [0.2, 0.25) is 0 Å². The van der Waals surface area contributed by atoms with Gasteiger partial charge in [-0.3, -0.25) is 4.79 Å². The average Bonchev–Trinajstić information content (AvgIpc) is 3.63. The van der Waals surface area contributed by atoms with Crippen LogP contribution < -0.4 is 5.69 Å². The average molecular weight is 534 g/mol. The highest BCUT2D eigenvalue weighted by molar-refractivity contribution is 9.10. The van der Waals surface area contributed by atoms with Gasteiger partial charge in [-0.25, -0.2) is 9.48 Å². The molecule has 9 nitrogen and oxygen atoms in total. The van der Waals surface area contributed by atoms with Crippen molar-refractivity contribution >= 4 is 32.9 Å². The van der Waals surface area contributed by atoms with Gasteiger partial charge in [-0.05, 0) is 54.4 Å². The number of aromatic amines is 2. The van der Waals surface area contributed by atoms with Gasteiger partial charge in [-0.2, -0.15) is 5.10 Å². The normalized spacial score (nSPS) is 16.0. The molecule has 35 heavy (non-hydrogen) atoms. The number of aromatic nitrogens is 4. The molecule has 0 aliphatic carbocycles. The molecule has 0 bridgehead atoms. The van der Waals surface area contributed by atoms with E-state index in [1.807, 2.05) is 54.7 Å². The first-order valence-electron chi connectivity index (χ1n) is 11.1. The van der Waals surface area contributed by atoms with Gasteiger partial charge in [0.05, 0.1) is 29.2 Å². The van der Waals surface area contributed by atoms with Crippen LogP contribution in [0.5, 0.6) is 0 Å². The number of nitrogens with one attached hydrogen (secondary N) is 2. The third-order valence-corrected chi connectivity index (χ3v) is 6.61. The summed E-state index contributed by atoms with van der Waals surface area (Å²) in [5.74, 6) is -0.0827. The number of imidazole rings is 1. The van der Waals surface area contributed by atoms with Crippen molar-refractivity contribution in [2.24, 2.45) is 0 Å². The van der Waals surface area contributed by atoms with Crippen molar-refractivity contribution in [3.05, 3.63) is 93.3 Å². The summed E-state index contributed by atoms with van der Waals surface area (Å²) in [7, 11) is 0. The fourth-order valence-electron chi connectivity index (χ4n) is 4.36. The van der Waals surface area contributed by atoms with Crippen molar-refractivity contribution in [3.8, 4) is 16.9 Å². The van der Waals surface area contributed by atoms with Crippen LogP contribution in [-0.2, 0) is 16.0 Å². The minimum atomic E-state index is -0.576. The summed E-state index contributed by atoms with van der Waals surface area (Å²) in [4.78, 5) is 31.6. The zero-order valence-electron chi connectivity index (χ0n) is 18.4. The largest absolute Gasteiger partial charge is 0.472 e. The Morgan fingerprint density at radius 1 is 1.06 bits per heavy atom. The Balaban J connectivity index is 1.32. The quantitative estimate of drug-likeness (QED) is 0.340. The number of hydrogen-bond acceptors (Lipinski definition) is 5. The molecular weight excluding hydrogens is 514 g/mol. The molecule has 0 saturated carbocycles. The standard InChI is InChI=1S/C25H20BrN5O4/c26-17-2-4-18(5-3-17)31-12-19(23(29-31)16-8-10-34-13-16)24-30(22(32)14-35-24)9-7-15-1-6-20-21(11-15)28-25(33)27-20/h1-6,8,10-13,24H,7,9,14H2,(H2,27,28,33)/t24-/m1/s1. The fraction of sp³-hybridized carbons (Fsp3) is 0.160. The maximum Gasteiger partial charge on any atom is 0.323 e. The van der Waals surface area contributed by atoms with Gasteiger partial charge in [0.2, 0.25) is 0 Å². The molecule has 2 N–H and O–H groups in total. The van der Waals surface area contributed by atoms with Gasteiger partial charge in [-0.1, -0.05) is 22.0 Å². The number of nitrogens with zero attached hydrogens (tertiary/aromatic N) is 3. The van der Waals surface area contributed by atoms with Gasteiger partial charge in [0.25, 0.3) is 5.91 Å². The first-order valence-corrected chi connectivity index (χ1v) is 11.8. The lowest BCUT2D eigenvalue weighted by molar-refractivity contribution is -0.128. The van der Waals surface area contributed by atoms with Crippen LogP contribution in [0, 0.1) is 0 Å². The zero-order valence-corrected chi connectivity index (χ0v) is 20.0. The molecular formula is C25H20BrN5O4. The van der Waals surface area contributed by atoms with E-state index < -0.39 is 6.23 Å². The molecule has 6 rings (SSSR count). The molecule has 1 atom stereocenters. The van der Waals surface area contributed by atoms with E-state index in [-0.39, 0.29) is 18.2 Å². The van der Waals surface area contributed by atoms with E-state index in [0.717, 1.165) is 37.9 Å². The number of amides is 1. The molecule has 0 spiro atoms. The van der Waals surface area contributed by atoms with E-state index in [0.29, 0.717) is 18.7 Å².